The summed E-state index contributed by atoms with van der Waals surface area (Å²) in [6.45, 7) is 8.50. The molecule has 1 saturated heterocycles. The Labute approximate surface area is 83.7 Å². The van der Waals surface area contributed by atoms with E-state index in [1.807, 2.05) is 14.1 Å². The first-order valence-electron chi connectivity index (χ1n) is 5.59. The van der Waals surface area contributed by atoms with Crippen molar-refractivity contribution in [2.75, 3.05) is 33.7 Å². The predicted octanol–water partition coefficient (Wildman–Crippen LogP) is 1.96. The number of likely N-dealkylation sites (tertiary alicyclic amines) is 1. The monoisotopic (exact) mass is 186 g/mol. The van der Waals surface area contributed by atoms with Crippen LogP contribution in [0.1, 0.15) is 33.1 Å². The van der Waals surface area contributed by atoms with E-state index < -0.39 is 0 Å². The van der Waals surface area contributed by atoms with Crippen LogP contribution < -0.4 is 5.32 Å². The molecular formula is C11H26N2. The van der Waals surface area contributed by atoms with Crippen LogP contribution in [0.25, 0.3) is 0 Å². The molecule has 1 aliphatic heterocycles. The van der Waals surface area contributed by atoms with E-state index in [4.69, 9.17) is 0 Å². The molecule has 0 radical (unpaired) electrons. The first-order valence-corrected chi connectivity index (χ1v) is 5.59. The van der Waals surface area contributed by atoms with Gasteiger partial charge in [0.2, 0.25) is 0 Å². The maximum atomic E-state index is 2.75. The minimum atomic E-state index is 1.03. The number of hydrogen-bond acceptors (Lipinski definition) is 2. The molecule has 0 aromatic rings. The fourth-order valence-electron chi connectivity index (χ4n) is 1.71. The molecule has 0 amide bonds. The average molecular weight is 186 g/mol. The molecule has 0 unspecified atom stereocenters. The molecule has 0 aliphatic carbocycles. The van der Waals surface area contributed by atoms with E-state index in [2.05, 4.69) is 24.1 Å². The zero-order valence-corrected chi connectivity index (χ0v) is 9.77. The van der Waals surface area contributed by atoms with E-state index in [0.29, 0.717) is 0 Å². The SMILES string of the molecule is CCC1CCN(CC)CC1.CNC. The zero-order valence-electron chi connectivity index (χ0n) is 9.77. The summed E-state index contributed by atoms with van der Waals surface area (Å²) < 4.78 is 0. The van der Waals surface area contributed by atoms with Gasteiger partial charge in [0.15, 0.2) is 0 Å². The molecule has 0 bridgehead atoms. The van der Waals surface area contributed by atoms with Crippen LogP contribution in [0.3, 0.4) is 0 Å². The summed E-state index contributed by atoms with van der Waals surface area (Å²) in [4.78, 5) is 2.55. The van der Waals surface area contributed by atoms with Gasteiger partial charge in [-0.1, -0.05) is 20.3 Å². The standard InChI is InChI=1S/C9H19N.C2H7N/c1-3-9-5-7-10(4-2)8-6-9;1-3-2/h9H,3-8H2,1-2H3;3H,1-2H3. The highest BCUT2D eigenvalue weighted by Gasteiger charge is 2.15. The molecule has 0 atom stereocenters. The van der Waals surface area contributed by atoms with Crippen LogP contribution in [0.5, 0.6) is 0 Å². The fourth-order valence-corrected chi connectivity index (χ4v) is 1.71. The third-order valence-corrected chi connectivity index (χ3v) is 2.73. The van der Waals surface area contributed by atoms with E-state index in [1.165, 1.54) is 38.9 Å². The Morgan fingerprint density at radius 3 is 1.92 bits per heavy atom. The summed E-state index contributed by atoms with van der Waals surface area (Å²) in [5.74, 6) is 1.03. The second-order valence-corrected chi connectivity index (χ2v) is 3.79. The molecular weight excluding hydrogens is 160 g/mol. The molecule has 1 rings (SSSR count). The summed E-state index contributed by atoms with van der Waals surface area (Å²) in [7, 11) is 3.75. The van der Waals surface area contributed by atoms with Gasteiger partial charge in [-0.2, -0.15) is 0 Å². The van der Waals surface area contributed by atoms with Gasteiger partial charge in [0.25, 0.3) is 0 Å². The topological polar surface area (TPSA) is 15.3 Å². The maximum Gasteiger partial charge on any atom is -0.00162 e. The molecule has 2 nitrogen and oxygen atoms in total. The molecule has 0 aromatic carbocycles. The maximum absolute atomic E-state index is 2.75. The smallest absolute Gasteiger partial charge is 0.00162 e. The Morgan fingerprint density at radius 2 is 1.62 bits per heavy atom. The van der Waals surface area contributed by atoms with Crippen LogP contribution in [0, 0.1) is 5.92 Å². The van der Waals surface area contributed by atoms with Crippen molar-refractivity contribution in [2.45, 2.75) is 33.1 Å². The quantitative estimate of drug-likeness (QED) is 0.709. The number of hydrogen-bond donors (Lipinski definition) is 1. The average Bonchev–Trinajstić information content (AvgIpc) is 2.19. The largest absolute Gasteiger partial charge is 0.323 e. The molecule has 1 aliphatic rings. The lowest BCUT2D eigenvalue weighted by atomic mass is 9.95. The molecule has 13 heavy (non-hydrogen) atoms. The van der Waals surface area contributed by atoms with Gasteiger partial charge in [-0.3, -0.25) is 0 Å². The number of rotatable bonds is 2. The Balaban J connectivity index is 0.000000424. The normalized spacial score (nSPS) is 19.4. The van der Waals surface area contributed by atoms with E-state index in [1.54, 1.807) is 0 Å². The van der Waals surface area contributed by atoms with Crippen molar-refractivity contribution in [3.63, 3.8) is 0 Å². The lowest BCUT2D eigenvalue weighted by Crippen LogP contribution is -2.33. The molecule has 0 saturated carbocycles. The molecule has 1 N–H and O–H groups in total. The van der Waals surface area contributed by atoms with Crippen LogP contribution in [-0.4, -0.2) is 38.6 Å². The van der Waals surface area contributed by atoms with E-state index in [0.717, 1.165) is 5.92 Å². The molecule has 1 fully saturated rings. The minimum Gasteiger partial charge on any atom is -0.323 e. The van der Waals surface area contributed by atoms with Gasteiger partial charge in [0, 0.05) is 0 Å². The van der Waals surface area contributed by atoms with Crippen LogP contribution in [0.15, 0.2) is 0 Å². The van der Waals surface area contributed by atoms with Gasteiger partial charge in [-0.15, -0.1) is 0 Å². The summed E-state index contributed by atoms with van der Waals surface area (Å²) in [5.41, 5.74) is 0. The molecule has 0 aromatic heterocycles. The third kappa shape index (κ3) is 6.05. The van der Waals surface area contributed by atoms with Crippen molar-refractivity contribution in [1.29, 1.82) is 0 Å². The highest BCUT2D eigenvalue weighted by atomic mass is 15.1. The lowest BCUT2D eigenvalue weighted by Gasteiger charge is -2.30. The highest BCUT2D eigenvalue weighted by Crippen LogP contribution is 2.19. The predicted molar refractivity (Wildman–Crippen MR) is 60.1 cm³/mol. The van der Waals surface area contributed by atoms with E-state index >= 15 is 0 Å². The second-order valence-electron chi connectivity index (χ2n) is 3.79. The van der Waals surface area contributed by atoms with Gasteiger partial charge in [-0.25, -0.2) is 0 Å². The van der Waals surface area contributed by atoms with Crippen molar-refractivity contribution in [3.05, 3.63) is 0 Å². The second kappa shape index (κ2) is 8.52. The van der Waals surface area contributed by atoms with Gasteiger partial charge >= 0.3 is 0 Å². The summed E-state index contributed by atoms with van der Waals surface area (Å²) >= 11 is 0. The summed E-state index contributed by atoms with van der Waals surface area (Å²) in [5, 5.41) is 2.75. The fraction of sp³-hybridized carbons (Fsp3) is 1.00. The van der Waals surface area contributed by atoms with Crippen molar-refractivity contribution in [1.82, 2.24) is 10.2 Å². The summed E-state index contributed by atoms with van der Waals surface area (Å²) in [6.07, 6.45) is 4.26. The Kier molecular flexibility index (Phi) is 8.46. The molecule has 2 heteroatoms. The Morgan fingerprint density at radius 1 is 1.15 bits per heavy atom. The lowest BCUT2D eigenvalue weighted by molar-refractivity contribution is 0.190. The van der Waals surface area contributed by atoms with Crippen molar-refractivity contribution >= 4 is 0 Å². The summed E-state index contributed by atoms with van der Waals surface area (Å²) in [6, 6.07) is 0. The van der Waals surface area contributed by atoms with Crippen LogP contribution in [0.2, 0.25) is 0 Å². The van der Waals surface area contributed by atoms with Crippen LogP contribution in [-0.2, 0) is 0 Å². The Hall–Kier alpha value is -0.0800. The van der Waals surface area contributed by atoms with Gasteiger partial charge in [-0.05, 0) is 52.5 Å². The van der Waals surface area contributed by atoms with Crippen molar-refractivity contribution in [3.8, 4) is 0 Å². The van der Waals surface area contributed by atoms with Crippen molar-refractivity contribution in [2.24, 2.45) is 5.92 Å². The highest BCUT2D eigenvalue weighted by molar-refractivity contribution is 4.69. The van der Waals surface area contributed by atoms with Crippen LogP contribution in [0.4, 0.5) is 0 Å². The van der Waals surface area contributed by atoms with E-state index in [9.17, 15) is 0 Å². The third-order valence-electron chi connectivity index (χ3n) is 2.73. The van der Waals surface area contributed by atoms with Crippen molar-refractivity contribution < 1.29 is 0 Å². The molecule has 80 valence electrons. The first kappa shape index (κ1) is 12.9. The van der Waals surface area contributed by atoms with Gasteiger partial charge in [0.1, 0.15) is 0 Å². The van der Waals surface area contributed by atoms with Crippen LogP contribution >= 0.6 is 0 Å². The first-order chi connectivity index (χ1) is 6.28. The van der Waals surface area contributed by atoms with Gasteiger partial charge in [0.05, 0.1) is 0 Å². The Bertz CT molecular complexity index is 84.3. The number of piperidine rings is 1. The van der Waals surface area contributed by atoms with E-state index in [-0.39, 0.29) is 0 Å². The minimum absolute atomic E-state index is 1.03. The number of nitrogens with zero attached hydrogens (tertiary/aromatic N) is 1. The zero-order chi connectivity index (χ0) is 10.1. The van der Waals surface area contributed by atoms with Gasteiger partial charge < -0.3 is 10.2 Å². The molecule has 1 heterocycles. The molecule has 0 spiro atoms. The number of nitrogens with one attached hydrogen (secondary N) is 1.